The number of ether oxygens (including phenoxy) is 1. The van der Waals surface area contributed by atoms with E-state index in [0.29, 0.717) is 48.7 Å². The van der Waals surface area contributed by atoms with Crippen molar-refractivity contribution in [1.29, 1.82) is 0 Å². The molecule has 0 fully saturated rings. The van der Waals surface area contributed by atoms with Crippen LogP contribution in [0.3, 0.4) is 0 Å². The topological polar surface area (TPSA) is 84.7 Å². The zero-order valence-corrected chi connectivity index (χ0v) is 12.9. The number of nitrogens with one attached hydrogen (secondary N) is 1. The van der Waals surface area contributed by atoms with E-state index in [2.05, 4.69) is 11.9 Å². The summed E-state index contributed by atoms with van der Waals surface area (Å²) in [6.45, 7) is 6.61. The minimum atomic E-state index is -0.124. The number of benzene rings is 1. The lowest BCUT2D eigenvalue weighted by atomic mass is 10.00. The maximum absolute atomic E-state index is 12.0. The zero-order chi connectivity index (χ0) is 16.3. The Hall–Kier alpha value is -2.50. The van der Waals surface area contributed by atoms with Crippen molar-refractivity contribution in [2.75, 3.05) is 37.8 Å². The van der Waals surface area contributed by atoms with Crippen molar-refractivity contribution >= 4 is 23.1 Å². The molecular formula is C16H21N3O3. The first-order valence-electron chi connectivity index (χ1n) is 7.15. The molecule has 0 saturated carbocycles. The van der Waals surface area contributed by atoms with E-state index in [0.717, 1.165) is 5.69 Å². The number of nitrogens with two attached hydrogens (primary N) is 1. The summed E-state index contributed by atoms with van der Waals surface area (Å²) in [6.07, 6.45) is 0.427. The predicted octanol–water partition coefficient (Wildman–Crippen LogP) is 1.68. The van der Waals surface area contributed by atoms with Crippen LogP contribution in [-0.2, 0) is 4.79 Å². The Morgan fingerprint density at radius 1 is 1.50 bits per heavy atom. The Labute approximate surface area is 129 Å². The molecule has 0 saturated heterocycles. The Morgan fingerprint density at radius 3 is 2.91 bits per heavy atom. The molecule has 1 aromatic carbocycles. The van der Waals surface area contributed by atoms with Crippen molar-refractivity contribution in [2.45, 2.75) is 13.3 Å². The highest BCUT2D eigenvalue weighted by atomic mass is 16.5. The first-order valence-corrected chi connectivity index (χ1v) is 7.15. The van der Waals surface area contributed by atoms with Crippen molar-refractivity contribution in [3.8, 4) is 5.75 Å². The van der Waals surface area contributed by atoms with Crippen LogP contribution in [-0.4, -0.2) is 43.3 Å². The minimum Gasteiger partial charge on any atom is -0.490 e. The SMILES string of the molecule is C=C(C)C(=O)N(C)CCOc1ccc2c(c1N)C(=O)CCN2. The van der Waals surface area contributed by atoms with Gasteiger partial charge in [0.15, 0.2) is 5.78 Å². The fraction of sp³-hybridized carbons (Fsp3) is 0.375. The summed E-state index contributed by atoms with van der Waals surface area (Å²) in [5, 5.41) is 3.14. The molecule has 6 nitrogen and oxygen atoms in total. The molecule has 6 heteroatoms. The van der Waals surface area contributed by atoms with E-state index >= 15 is 0 Å². The minimum absolute atomic E-state index is 0.0197. The molecule has 1 aliphatic heterocycles. The molecular weight excluding hydrogens is 282 g/mol. The van der Waals surface area contributed by atoms with Gasteiger partial charge in [-0.1, -0.05) is 6.58 Å². The normalized spacial score (nSPS) is 13.1. The maximum Gasteiger partial charge on any atom is 0.248 e. The third-order valence-electron chi connectivity index (χ3n) is 3.55. The molecule has 0 radical (unpaired) electrons. The number of Topliss-reactive ketones (excluding diaryl/α,β-unsaturated/α-hetero) is 1. The molecule has 1 heterocycles. The van der Waals surface area contributed by atoms with Crippen molar-refractivity contribution in [3.63, 3.8) is 0 Å². The molecule has 1 amide bonds. The van der Waals surface area contributed by atoms with E-state index in [4.69, 9.17) is 10.5 Å². The summed E-state index contributed by atoms with van der Waals surface area (Å²) < 4.78 is 5.62. The lowest BCUT2D eigenvalue weighted by molar-refractivity contribution is -0.126. The molecule has 1 aliphatic rings. The zero-order valence-electron chi connectivity index (χ0n) is 12.9. The molecule has 0 unspecified atom stereocenters. The highest BCUT2D eigenvalue weighted by Crippen LogP contribution is 2.34. The molecule has 0 bridgehead atoms. The van der Waals surface area contributed by atoms with Gasteiger partial charge in [0.1, 0.15) is 12.4 Å². The average Bonchev–Trinajstić information content (AvgIpc) is 2.48. The van der Waals surface area contributed by atoms with Gasteiger partial charge in [0.05, 0.1) is 17.8 Å². The number of amides is 1. The van der Waals surface area contributed by atoms with E-state index in [1.165, 1.54) is 4.90 Å². The molecule has 0 atom stereocenters. The summed E-state index contributed by atoms with van der Waals surface area (Å²) in [5.74, 6) is 0.361. The number of nitrogens with zero attached hydrogens (tertiary/aromatic N) is 1. The maximum atomic E-state index is 12.0. The fourth-order valence-corrected chi connectivity index (χ4v) is 2.33. The number of nitrogen functional groups attached to an aromatic ring is 1. The molecule has 0 aromatic heterocycles. The van der Waals surface area contributed by atoms with E-state index in [-0.39, 0.29) is 11.7 Å². The highest BCUT2D eigenvalue weighted by Gasteiger charge is 2.22. The summed E-state index contributed by atoms with van der Waals surface area (Å²) >= 11 is 0. The second kappa shape index (κ2) is 6.51. The van der Waals surface area contributed by atoms with E-state index < -0.39 is 0 Å². The van der Waals surface area contributed by atoms with Gasteiger partial charge in [-0.25, -0.2) is 0 Å². The van der Waals surface area contributed by atoms with Crippen LogP contribution in [0.1, 0.15) is 23.7 Å². The van der Waals surface area contributed by atoms with Gasteiger partial charge in [0, 0.05) is 31.3 Å². The summed E-state index contributed by atoms with van der Waals surface area (Å²) in [5.41, 5.74) is 8.11. The second-order valence-corrected chi connectivity index (χ2v) is 5.36. The predicted molar refractivity (Wildman–Crippen MR) is 86.2 cm³/mol. The van der Waals surface area contributed by atoms with Crippen molar-refractivity contribution < 1.29 is 14.3 Å². The number of hydrogen-bond acceptors (Lipinski definition) is 5. The van der Waals surface area contributed by atoms with Crippen molar-refractivity contribution in [3.05, 3.63) is 29.8 Å². The first kappa shape index (κ1) is 15.9. The number of carbonyl (C=O) groups is 2. The number of likely N-dealkylation sites (N-methyl/N-ethyl adjacent to an activating group) is 1. The molecule has 0 aliphatic carbocycles. The summed E-state index contributed by atoms with van der Waals surface area (Å²) in [4.78, 5) is 25.2. The third-order valence-corrected chi connectivity index (χ3v) is 3.55. The van der Waals surface area contributed by atoms with Crippen LogP contribution < -0.4 is 15.8 Å². The molecule has 118 valence electrons. The van der Waals surface area contributed by atoms with E-state index in [1.54, 1.807) is 26.1 Å². The van der Waals surface area contributed by atoms with E-state index in [9.17, 15) is 9.59 Å². The molecule has 0 spiro atoms. The highest BCUT2D eigenvalue weighted by molar-refractivity contribution is 6.08. The van der Waals surface area contributed by atoms with Gasteiger partial charge in [-0.3, -0.25) is 9.59 Å². The van der Waals surface area contributed by atoms with Gasteiger partial charge in [0.2, 0.25) is 5.91 Å². The van der Waals surface area contributed by atoms with Crippen LogP contribution in [0.5, 0.6) is 5.75 Å². The number of anilines is 2. The Balaban J connectivity index is 2.02. The lowest BCUT2D eigenvalue weighted by Gasteiger charge is -2.21. The van der Waals surface area contributed by atoms with Crippen LogP contribution in [0, 0.1) is 0 Å². The monoisotopic (exact) mass is 303 g/mol. The quantitative estimate of drug-likeness (QED) is 0.638. The first-order chi connectivity index (χ1) is 10.4. The average molecular weight is 303 g/mol. The Bertz CT molecular complexity index is 625. The standard InChI is InChI=1S/C16H21N3O3/c1-10(2)16(21)19(3)8-9-22-13-5-4-11-14(15(13)17)12(20)6-7-18-11/h4-5,18H,1,6-9,17H2,2-3H3. The van der Waals surface area contributed by atoms with Gasteiger partial charge in [-0.15, -0.1) is 0 Å². The third kappa shape index (κ3) is 3.21. The number of rotatable bonds is 5. The fourth-order valence-electron chi connectivity index (χ4n) is 2.33. The second-order valence-electron chi connectivity index (χ2n) is 5.36. The number of ketones is 1. The molecule has 22 heavy (non-hydrogen) atoms. The molecule has 2 rings (SSSR count). The van der Waals surface area contributed by atoms with Gasteiger partial charge in [0.25, 0.3) is 0 Å². The lowest BCUT2D eigenvalue weighted by Crippen LogP contribution is -2.31. The van der Waals surface area contributed by atoms with Crippen LogP contribution >= 0.6 is 0 Å². The largest absolute Gasteiger partial charge is 0.490 e. The van der Waals surface area contributed by atoms with Crippen molar-refractivity contribution in [1.82, 2.24) is 4.90 Å². The van der Waals surface area contributed by atoms with Gasteiger partial charge in [-0.2, -0.15) is 0 Å². The van der Waals surface area contributed by atoms with Crippen molar-refractivity contribution in [2.24, 2.45) is 0 Å². The number of carbonyl (C=O) groups excluding carboxylic acids is 2. The van der Waals surface area contributed by atoms with Crippen LogP contribution in [0.15, 0.2) is 24.3 Å². The number of hydrogen-bond donors (Lipinski definition) is 2. The van der Waals surface area contributed by atoms with Gasteiger partial charge < -0.3 is 20.7 Å². The summed E-state index contributed by atoms with van der Waals surface area (Å²) in [7, 11) is 1.68. The Morgan fingerprint density at radius 2 is 2.23 bits per heavy atom. The van der Waals surface area contributed by atoms with Crippen LogP contribution in [0.2, 0.25) is 0 Å². The Kier molecular flexibility index (Phi) is 4.70. The van der Waals surface area contributed by atoms with E-state index in [1.807, 2.05) is 0 Å². The van der Waals surface area contributed by atoms with Crippen LogP contribution in [0.4, 0.5) is 11.4 Å². The summed E-state index contributed by atoms with van der Waals surface area (Å²) in [6, 6.07) is 3.53. The smallest absolute Gasteiger partial charge is 0.248 e. The molecule has 1 aromatic rings. The van der Waals surface area contributed by atoms with Crippen LogP contribution in [0.25, 0.3) is 0 Å². The van der Waals surface area contributed by atoms with Gasteiger partial charge in [-0.05, 0) is 19.1 Å². The molecule has 3 N–H and O–H groups in total. The van der Waals surface area contributed by atoms with Gasteiger partial charge >= 0.3 is 0 Å². The number of fused-ring (bicyclic) bond motifs is 1.